The third kappa shape index (κ3) is 3.59. The average Bonchev–Trinajstić information content (AvgIpc) is 2.43. The van der Waals surface area contributed by atoms with Crippen molar-refractivity contribution in [1.29, 1.82) is 0 Å². The number of hydrogen-bond acceptors (Lipinski definition) is 5. The molecule has 0 aliphatic carbocycles. The molecule has 0 saturated heterocycles. The average molecular weight is 288 g/mol. The zero-order valence-electron chi connectivity index (χ0n) is 11.6. The van der Waals surface area contributed by atoms with Gasteiger partial charge in [-0.15, -0.1) is 0 Å². The van der Waals surface area contributed by atoms with E-state index in [0.29, 0.717) is 18.8 Å². The lowest BCUT2D eigenvalue weighted by atomic mass is 10.3. The number of nitrogens with zero attached hydrogens (tertiary/aromatic N) is 1. The highest BCUT2D eigenvalue weighted by Crippen LogP contribution is 2.29. The van der Waals surface area contributed by atoms with Gasteiger partial charge in [-0.3, -0.25) is 0 Å². The topological polar surface area (TPSA) is 67.9 Å². The largest absolute Gasteiger partial charge is 0.497 e. The number of likely N-dealkylation sites (N-methyl/N-ethyl adjacent to an activating group) is 2. The van der Waals surface area contributed by atoms with Crippen LogP contribution in [0.1, 0.15) is 0 Å². The fourth-order valence-corrected chi connectivity index (χ4v) is 2.85. The van der Waals surface area contributed by atoms with Crippen LogP contribution in [0.4, 0.5) is 0 Å². The molecule has 0 spiro atoms. The minimum atomic E-state index is -3.57. The quantitative estimate of drug-likeness (QED) is 0.793. The predicted molar refractivity (Wildman–Crippen MR) is 73.3 cm³/mol. The van der Waals surface area contributed by atoms with Gasteiger partial charge in [-0.2, -0.15) is 4.31 Å². The lowest BCUT2D eigenvalue weighted by molar-refractivity contribution is 0.383. The summed E-state index contributed by atoms with van der Waals surface area (Å²) in [6.45, 7) is 0.961. The molecule has 1 rings (SSSR count). The molecule has 0 atom stereocenters. The first-order chi connectivity index (χ1) is 8.97. The van der Waals surface area contributed by atoms with Crippen LogP contribution in [-0.4, -0.2) is 54.1 Å². The van der Waals surface area contributed by atoms with Crippen molar-refractivity contribution in [3.05, 3.63) is 18.2 Å². The highest BCUT2D eigenvalue weighted by Gasteiger charge is 2.24. The van der Waals surface area contributed by atoms with E-state index in [4.69, 9.17) is 9.47 Å². The van der Waals surface area contributed by atoms with Crippen molar-refractivity contribution < 1.29 is 17.9 Å². The molecular formula is C12H20N2O4S. The summed E-state index contributed by atoms with van der Waals surface area (Å²) in [5.41, 5.74) is 0. The normalized spacial score (nSPS) is 11.6. The van der Waals surface area contributed by atoms with Gasteiger partial charge in [-0.05, 0) is 19.2 Å². The Morgan fingerprint density at radius 2 is 1.95 bits per heavy atom. The first-order valence-electron chi connectivity index (χ1n) is 5.80. The second kappa shape index (κ2) is 6.74. The van der Waals surface area contributed by atoms with Crippen molar-refractivity contribution in [3.63, 3.8) is 0 Å². The summed E-state index contributed by atoms with van der Waals surface area (Å²) < 4.78 is 36.3. The second-order valence-corrected chi connectivity index (χ2v) is 5.96. The molecule has 0 saturated carbocycles. The zero-order chi connectivity index (χ0) is 14.5. The first kappa shape index (κ1) is 15.7. The Morgan fingerprint density at radius 3 is 2.47 bits per heavy atom. The van der Waals surface area contributed by atoms with Gasteiger partial charge in [0, 0.05) is 26.2 Å². The Labute approximate surface area is 114 Å². The lowest BCUT2D eigenvalue weighted by Crippen LogP contribution is -2.33. The molecule has 0 heterocycles. The third-order valence-electron chi connectivity index (χ3n) is 2.74. The van der Waals surface area contributed by atoms with Crippen molar-refractivity contribution in [2.45, 2.75) is 4.90 Å². The van der Waals surface area contributed by atoms with E-state index in [2.05, 4.69) is 5.32 Å². The number of hydrogen-bond donors (Lipinski definition) is 1. The van der Waals surface area contributed by atoms with E-state index in [1.165, 1.54) is 31.6 Å². The van der Waals surface area contributed by atoms with Gasteiger partial charge in [0.2, 0.25) is 10.0 Å². The molecule has 19 heavy (non-hydrogen) atoms. The van der Waals surface area contributed by atoms with Gasteiger partial charge in [0.25, 0.3) is 0 Å². The number of methoxy groups -OCH3 is 2. The summed E-state index contributed by atoms with van der Waals surface area (Å²) in [6, 6.07) is 4.64. The summed E-state index contributed by atoms with van der Waals surface area (Å²) in [7, 11) is 2.69. The molecule has 0 bridgehead atoms. The number of sulfonamides is 1. The summed E-state index contributed by atoms with van der Waals surface area (Å²) >= 11 is 0. The molecule has 7 heteroatoms. The lowest BCUT2D eigenvalue weighted by Gasteiger charge is -2.19. The van der Waals surface area contributed by atoms with Crippen LogP contribution in [0.2, 0.25) is 0 Å². The van der Waals surface area contributed by atoms with Gasteiger partial charge in [-0.25, -0.2) is 8.42 Å². The molecule has 0 fully saturated rings. The highest BCUT2D eigenvalue weighted by atomic mass is 32.2. The summed E-state index contributed by atoms with van der Waals surface area (Å²) in [5.74, 6) is 0.823. The van der Waals surface area contributed by atoms with E-state index >= 15 is 0 Å². The number of ether oxygens (including phenoxy) is 2. The molecule has 6 nitrogen and oxygen atoms in total. The minimum Gasteiger partial charge on any atom is -0.497 e. The van der Waals surface area contributed by atoms with E-state index in [0.717, 1.165) is 0 Å². The van der Waals surface area contributed by atoms with Gasteiger partial charge >= 0.3 is 0 Å². The highest BCUT2D eigenvalue weighted by molar-refractivity contribution is 7.89. The van der Waals surface area contributed by atoms with Crippen molar-refractivity contribution in [2.75, 3.05) is 41.4 Å². The van der Waals surface area contributed by atoms with E-state index in [1.807, 2.05) is 0 Å². The van der Waals surface area contributed by atoms with Crippen LogP contribution in [0.5, 0.6) is 11.5 Å². The van der Waals surface area contributed by atoms with Crippen LogP contribution in [0.15, 0.2) is 23.1 Å². The molecule has 0 radical (unpaired) electrons. The van der Waals surface area contributed by atoms with Gasteiger partial charge in [0.05, 0.1) is 14.2 Å². The summed E-state index contributed by atoms with van der Waals surface area (Å²) in [4.78, 5) is 0.134. The molecule has 0 aromatic heterocycles. The molecule has 108 valence electrons. The van der Waals surface area contributed by atoms with Crippen LogP contribution in [-0.2, 0) is 10.0 Å². The molecule has 1 aromatic rings. The monoisotopic (exact) mass is 288 g/mol. The van der Waals surface area contributed by atoms with Gasteiger partial charge in [-0.1, -0.05) is 0 Å². The van der Waals surface area contributed by atoms with Gasteiger partial charge < -0.3 is 14.8 Å². The molecular weight excluding hydrogens is 268 g/mol. The van der Waals surface area contributed by atoms with Crippen molar-refractivity contribution in [3.8, 4) is 11.5 Å². The maximum atomic E-state index is 12.4. The van der Waals surface area contributed by atoms with Gasteiger partial charge in [0.15, 0.2) is 0 Å². The smallest absolute Gasteiger partial charge is 0.246 e. The van der Waals surface area contributed by atoms with Crippen molar-refractivity contribution in [2.24, 2.45) is 0 Å². The summed E-state index contributed by atoms with van der Waals surface area (Å²) in [5, 5.41) is 2.91. The summed E-state index contributed by atoms with van der Waals surface area (Å²) in [6.07, 6.45) is 0. The second-order valence-electron chi connectivity index (χ2n) is 3.95. The molecule has 0 aliphatic rings. The molecule has 0 amide bonds. The third-order valence-corrected chi connectivity index (χ3v) is 4.63. The van der Waals surface area contributed by atoms with Crippen molar-refractivity contribution >= 4 is 10.0 Å². The van der Waals surface area contributed by atoms with Crippen LogP contribution in [0.3, 0.4) is 0 Å². The van der Waals surface area contributed by atoms with Gasteiger partial charge in [0.1, 0.15) is 16.4 Å². The Morgan fingerprint density at radius 1 is 1.26 bits per heavy atom. The fourth-order valence-electron chi connectivity index (χ4n) is 1.55. The molecule has 0 unspecified atom stereocenters. The number of rotatable bonds is 7. The molecule has 0 aliphatic heterocycles. The van der Waals surface area contributed by atoms with E-state index < -0.39 is 10.0 Å². The fraction of sp³-hybridized carbons (Fsp3) is 0.500. The molecule has 1 aromatic carbocycles. The Hall–Kier alpha value is -1.31. The van der Waals surface area contributed by atoms with E-state index in [9.17, 15) is 8.42 Å². The SMILES string of the molecule is CNCCN(C)S(=O)(=O)c1ccc(OC)cc1OC. The van der Waals surface area contributed by atoms with Crippen LogP contribution in [0, 0.1) is 0 Å². The maximum Gasteiger partial charge on any atom is 0.246 e. The maximum absolute atomic E-state index is 12.4. The Balaban J connectivity index is 3.13. The minimum absolute atomic E-state index is 0.134. The predicted octanol–water partition coefficient (Wildman–Crippen LogP) is 0.544. The van der Waals surface area contributed by atoms with Crippen molar-refractivity contribution in [1.82, 2.24) is 9.62 Å². The standard InChI is InChI=1S/C12H20N2O4S/c1-13-7-8-14(2)19(15,16)12-6-5-10(17-3)9-11(12)18-4/h5-6,9,13H,7-8H2,1-4H3. The van der Waals surface area contributed by atoms with E-state index in [-0.39, 0.29) is 10.6 Å². The Bertz CT molecular complexity index is 516. The van der Waals surface area contributed by atoms with Crippen LogP contribution >= 0.6 is 0 Å². The molecule has 1 N–H and O–H groups in total. The van der Waals surface area contributed by atoms with Crippen LogP contribution in [0.25, 0.3) is 0 Å². The zero-order valence-corrected chi connectivity index (χ0v) is 12.5. The van der Waals surface area contributed by atoms with Crippen LogP contribution < -0.4 is 14.8 Å². The Kier molecular flexibility index (Phi) is 5.59. The number of benzene rings is 1. The number of nitrogens with one attached hydrogen (secondary N) is 1. The van der Waals surface area contributed by atoms with E-state index in [1.54, 1.807) is 19.2 Å². The first-order valence-corrected chi connectivity index (χ1v) is 7.24.